The Morgan fingerprint density at radius 3 is 2.82 bits per heavy atom. The SMILES string of the molecule is COCc1nc(-c2ccc(OC)c(F)c2)cs1. The van der Waals surface area contributed by atoms with Gasteiger partial charge in [0.2, 0.25) is 0 Å². The van der Waals surface area contributed by atoms with Crippen LogP contribution in [0, 0.1) is 5.82 Å². The number of hydrogen-bond donors (Lipinski definition) is 0. The standard InChI is InChI=1S/C12H12FNO2S/c1-15-6-12-14-10(7-17-12)8-3-4-11(16-2)9(13)5-8/h3-5,7H,6H2,1-2H3. The van der Waals surface area contributed by atoms with Crippen LogP contribution < -0.4 is 4.74 Å². The van der Waals surface area contributed by atoms with Crippen molar-refractivity contribution in [3.63, 3.8) is 0 Å². The number of benzene rings is 1. The van der Waals surface area contributed by atoms with Crippen LogP contribution in [0.4, 0.5) is 4.39 Å². The molecule has 2 rings (SSSR count). The van der Waals surface area contributed by atoms with Gasteiger partial charge in [0.15, 0.2) is 11.6 Å². The largest absolute Gasteiger partial charge is 0.494 e. The van der Waals surface area contributed by atoms with Crippen molar-refractivity contribution in [3.8, 4) is 17.0 Å². The molecule has 3 nitrogen and oxygen atoms in total. The molecule has 0 amide bonds. The van der Waals surface area contributed by atoms with Crippen LogP contribution in [0.3, 0.4) is 0 Å². The number of halogens is 1. The molecule has 0 spiro atoms. The van der Waals surface area contributed by atoms with Crippen LogP contribution in [-0.4, -0.2) is 19.2 Å². The molecule has 0 unspecified atom stereocenters. The zero-order valence-electron chi connectivity index (χ0n) is 9.57. The summed E-state index contributed by atoms with van der Waals surface area (Å²) >= 11 is 1.49. The molecule has 0 fully saturated rings. The average Bonchev–Trinajstić information content (AvgIpc) is 2.78. The van der Waals surface area contributed by atoms with Crippen molar-refractivity contribution in [2.24, 2.45) is 0 Å². The van der Waals surface area contributed by atoms with Gasteiger partial charge in [0.1, 0.15) is 5.01 Å². The molecule has 0 radical (unpaired) electrons. The van der Waals surface area contributed by atoms with Crippen molar-refractivity contribution in [1.29, 1.82) is 0 Å². The molecule has 2 aromatic rings. The molecule has 0 N–H and O–H groups in total. The minimum Gasteiger partial charge on any atom is -0.494 e. The smallest absolute Gasteiger partial charge is 0.165 e. The van der Waals surface area contributed by atoms with E-state index in [1.165, 1.54) is 24.5 Å². The van der Waals surface area contributed by atoms with E-state index in [0.29, 0.717) is 6.61 Å². The first-order chi connectivity index (χ1) is 8.24. The van der Waals surface area contributed by atoms with Gasteiger partial charge >= 0.3 is 0 Å². The third-order valence-electron chi connectivity index (χ3n) is 2.27. The third kappa shape index (κ3) is 2.62. The maximum atomic E-state index is 13.5. The highest BCUT2D eigenvalue weighted by Crippen LogP contribution is 2.26. The fourth-order valence-electron chi connectivity index (χ4n) is 1.46. The maximum Gasteiger partial charge on any atom is 0.165 e. The van der Waals surface area contributed by atoms with Crippen molar-refractivity contribution in [2.45, 2.75) is 6.61 Å². The number of hydrogen-bond acceptors (Lipinski definition) is 4. The summed E-state index contributed by atoms with van der Waals surface area (Å²) in [5.74, 6) is -0.146. The van der Waals surface area contributed by atoms with Gasteiger partial charge in [-0.3, -0.25) is 0 Å². The van der Waals surface area contributed by atoms with E-state index < -0.39 is 0 Å². The number of aromatic nitrogens is 1. The Kier molecular flexibility index (Phi) is 3.71. The Morgan fingerprint density at radius 1 is 1.35 bits per heavy atom. The first kappa shape index (κ1) is 12.0. The van der Waals surface area contributed by atoms with Crippen LogP contribution in [0.15, 0.2) is 23.6 Å². The molecule has 90 valence electrons. The van der Waals surface area contributed by atoms with Crippen molar-refractivity contribution < 1.29 is 13.9 Å². The van der Waals surface area contributed by atoms with Gasteiger partial charge in [-0.15, -0.1) is 11.3 Å². The van der Waals surface area contributed by atoms with Crippen molar-refractivity contribution >= 4 is 11.3 Å². The van der Waals surface area contributed by atoms with E-state index in [2.05, 4.69) is 4.98 Å². The third-order valence-corrected chi connectivity index (χ3v) is 3.09. The minimum atomic E-state index is -0.383. The Balaban J connectivity index is 2.29. The first-order valence-corrected chi connectivity index (χ1v) is 5.90. The molecular weight excluding hydrogens is 241 g/mol. The second kappa shape index (κ2) is 5.25. The molecule has 0 atom stereocenters. The van der Waals surface area contributed by atoms with Crippen LogP contribution in [0.25, 0.3) is 11.3 Å². The molecule has 0 saturated heterocycles. The summed E-state index contributed by atoms with van der Waals surface area (Å²) < 4.78 is 23.4. The molecule has 0 saturated carbocycles. The maximum absolute atomic E-state index is 13.5. The fraction of sp³-hybridized carbons (Fsp3) is 0.250. The zero-order chi connectivity index (χ0) is 12.3. The van der Waals surface area contributed by atoms with Crippen LogP contribution >= 0.6 is 11.3 Å². The van der Waals surface area contributed by atoms with E-state index in [0.717, 1.165) is 16.3 Å². The van der Waals surface area contributed by atoms with Gasteiger partial charge in [-0.2, -0.15) is 0 Å². The summed E-state index contributed by atoms with van der Waals surface area (Å²) in [6.45, 7) is 0.475. The minimum absolute atomic E-state index is 0.237. The number of rotatable bonds is 4. The molecule has 0 aliphatic heterocycles. The molecule has 1 aromatic carbocycles. The Bertz CT molecular complexity index is 513. The molecule has 0 aliphatic rings. The number of nitrogens with zero attached hydrogens (tertiary/aromatic N) is 1. The second-order valence-corrected chi connectivity index (χ2v) is 4.35. The summed E-state index contributed by atoms with van der Waals surface area (Å²) in [7, 11) is 3.06. The van der Waals surface area contributed by atoms with Gasteiger partial charge in [0.25, 0.3) is 0 Å². The summed E-state index contributed by atoms with van der Waals surface area (Å²) in [5.41, 5.74) is 1.49. The topological polar surface area (TPSA) is 31.4 Å². The first-order valence-electron chi connectivity index (χ1n) is 5.02. The highest BCUT2D eigenvalue weighted by molar-refractivity contribution is 7.09. The summed E-state index contributed by atoms with van der Waals surface area (Å²) in [5, 5.41) is 2.76. The monoisotopic (exact) mass is 253 g/mol. The van der Waals surface area contributed by atoms with Gasteiger partial charge in [0.05, 0.1) is 19.4 Å². The number of ether oxygens (including phenoxy) is 2. The Labute approximate surface area is 103 Å². The van der Waals surface area contributed by atoms with Gasteiger partial charge in [-0.05, 0) is 18.2 Å². The molecule has 0 bridgehead atoms. The molecular formula is C12H12FNO2S. The summed E-state index contributed by atoms with van der Waals surface area (Å²) in [4.78, 5) is 4.35. The lowest BCUT2D eigenvalue weighted by Crippen LogP contribution is -1.89. The highest BCUT2D eigenvalue weighted by Gasteiger charge is 2.08. The summed E-state index contributed by atoms with van der Waals surface area (Å²) in [6, 6.07) is 4.80. The molecule has 0 aliphatic carbocycles. The fourth-order valence-corrected chi connectivity index (χ4v) is 2.23. The summed E-state index contributed by atoms with van der Waals surface area (Å²) in [6.07, 6.45) is 0. The Hall–Kier alpha value is -1.46. The number of thiazole rings is 1. The van der Waals surface area contributed by atoms with Gasteiger partial charge in [-0.25, -0.2) is 9.37 Å². The predicted octanol–water partition coefficient (Wildman–Crippen LogP) is 3.10. The van der Waals surface area contributed by atoms with Crippen LogP contribution in [0.2, 0.25) is 0 Å². The highest BCUT2D eigenvalue weighted by atomic mass is 32.1. The van der Waals surface area contributed by atoms with Crippen molar-refractivity contribution in [1.82, 2.24) is 4.98 Å². The number of methoxy groups -OCH3 is 2. The van der Waals surface area contributed by atoms with Gasteiger partial charge < -0.3 is 9.47 Å². The zero-order valence-corrected chi connectivity index (χ0v) is 10.4. The van der Waals surface area contributed by atoms with Gasteiger partial charge in [-0.1, -0.05) is 0 Å². The molecule has 1 aromatic heterocycles. The van der Waals surface area contributed by atoms with E-state index in [4.69, 9.17) is 9.47 Å². The quantitative estimate of drug-likeness (QED) is 0.839. The molecule has 5 heteroatoms. The van der Waals surface area contributed by atoms with Crippen LogP contribution in [0.5, 0.6) is 5.75 Å². The average molecular weight is 253 g/mol. The van der Waals surface area contributed by atoms with E-state index in [1.807, 2.05) is 5.38 Å². The van der Waals surface area contributed by atoms with E-state index in [9.17, 15) is 4.39 Å². The van der Waals surface area contributed by atoms with E-state index in [1.54, 1.807) is 19.2 Å². The van der Waals surface area contributed by atoms with Gasteiger partial charge in [0, 0.05) is 18.1 Å². The van der Waals surface area contributed by atoms with Crippen LogP contribution in [-0.2, 0) is 11.3 Å². The van der Waals surface area contributed by atoms with E-state index >= 15 is 0 Å². The lowest BCUT2D eigenvalue weighted by molar-refractivity contribution is 0.184. The lowest BCUT2D eigenvalue weighted by atomic mass is 10.1. The van der Waals surface area contributed by atoms with Crippen molar-refractivity contribution in [3.05, 3.63) is 34.4 Å². The molecule has 1 heterocycles. The lowest BCUT2D eigenvalue weighted by Gasteiger charge is -2.02. The molecule has 17 heavy (non-hydrogen) atoms. The van der Waals surface area contributed by atoms with E-state index in [-0.39, 0.29) is 11.6 Å². The van der Waals surface area contributed by atoms with Crippen LogP contribution in [0.1, 0.15) is 5.01 Å². The predicted molar refractivity (Wildman–Crippen MR) is 64.8 cm³/mol. The Morgan fingerprint density at radius 2 is 2.18 bits per heavy atom. The van der Waals surface area contributed by atoms with Crippen molar-refractivity contribution in [2.75, 3.05) is 14.2 Å². The second-order valence-electron chi connectivity index (χ2n) is 3.41. The normalized spacial score (nSPS) is 10.5.